The molecular weight excluding hydrogens is 452 g/mol. The highest BCUT2D eigenvalue weighted by molar-refractivity contribution is 5.93. The fourth-order valence-corrected chi connectivity index (χ4v) is 4.36. The molecule has 1 aromatic carbocycles. The second-order valence-electron chi connectivity index (χ2n) is 8.78. The first-order valence-corrected chi connectivity index (χ1v) is 11.7. The van der Waals surface area contributed by atoms with Crippen LogP contribution in [0.2, 0.25) is 0 Å². The third-order valence-electron chi connectivity index (χ3n) is 6.25. The minimum absolute atomic E-state index is 0.0291. The topological polar surface area (TPSA) is 135 Å². The molecule has 0 saturated carbocycles. The van der Waals surface area contributed by atoms with Gasteiger partial charge in [-0.3, -0.25) is 9.59 Å². The highest BCUT2D eigenvalue weighted by Gasteiger charge is 2.55. The van der Waals surface area contributed by atoms with Crippen LogP contribution in [-0.2, 0) is 31.1 Å². The summed E-state index contributed by atoms with van der Waals surface area (Å²) < 4.78 is 13.2. The van der Waals surface area contributed by atoms with Crippen molar-refractivity contribution in [3.8, 4) is 0 Å². The van der Waals surface area contributed by atoms with Gasteiger partial charge in [-0.05, 0) is 31.0 Å². The predicted molar refractivity (Wildman–Crippen MR) is 126 cm³/mol. The molecule has 10 nitrogen and oxygen atoms in total. The van der Waals surface area contributed by atoms with Gasteiger partial charge < -0.3 is 25.0 Å². The number of aliphatic hydroxyl groups excluding tert-OH is 2. The molecule has 3 aromatic rings. The van der Waals surface area contributed by atoms with E-state index in [0.717, 1.165) is 18.4 Å². The number of aromatic nitrogens is 3. The Bertz CT molecular complexity index is 1180. The lowest BCUT2D eigenvalue weighted by Crippen LogP contribution is -2.42. The van der Waals surface area contributed by atoms with E-state index < -0.39 is 36.5 Å². The van der Waals surface area contributed by atoms with Gasteiger partial charge >= 0.3 is 5.97 Å². The van der Waals surface area contributed by atoms with Gasteiger partial charge in [0.2, 0.25) is 5.91 Å². The summed E-state index contributed by atoms with van der Waals surface area (Å²) in [5.74, 6) is -0.344. The number of hydrogen-bond donors (Lipinski definition) is 3. The lowest BCUT2D eigenvalue weighted by atomic mass is 9.93. The van der Waals surface area contributed by atoms with Gasteiger partial charge in [-0.2, -0.15) is 5.10 Å². The minimum atomic E-state index is -1.35. The summed E-state index contributed by atoms with van der Waals surface area (Å²) in [6.07, 6.45) is 0.0859. The van der Waals surface area contributed by atoms with Crippen LogP contribution in [-0.4, -0.2) is 61.6 Å². The summed E-state index contributed by atoms with van der Waals surface area (Å²) in [5.41, 5.74) is 0.410. The SMILES string of the molecule is CCCCC(=O)Nc1ncnn2c([C@]3(C)O[C@H](CO)[C@@H](OC(=O)Cc4ccccc4)[C@H]3O)ccc12. The first kappa shape index (κ1) is 24.8. The Kier molecular flexibility index (Phi) is 7.44. The van der Waals surface area contributed by atoms with Gasteiger partial charge in [-0.25, -0.2) is 9.50 Å². The fourth-order valence-electron chi connectivity index (χ4n) is 4.36. The van der Waals surface area contributed by atoms with Gasteiger partial charge in [-0.15, -0.1) is 0 Å². The average molecular weight is 483 g/mol. The number of nitrogens with zero attached hydrogens (tertiary/aromatic N) is 3. The molecule has 1 saturated heterocycles. The predicted octanol–water partition coefficient (Wildman–Crippen LogP) is 1.98. The van der Waals surface area contributed by atoms with Crippen LogP contribution < -0.4 is 5.32 Å². The molecule has 35 heavy (non-hydrogen) atoms. The summed E-state index contributed by atoms with van der Waals surface area (Å²) in [4.78, 5) is 29.0. The first-order valence-electron chi connectivity index (χ1n) is 11.7. The third kappa shape index (κ3) is 5.04. The van der Waals surface area contributed by atoms with Crippen molar-refractivity contribution in [2.24, 2.45) is 0 Å². The molecule has 1 fully saturated rings. The summed E-state index contributed by atoms with van der Waals surface area (Å²) >= 11 is 0. The van der Waals surface area contributed by atoms with E-state index in [2.05, 4.69) is 15.4 Å². The highest BCUT2D eigenvalue weighted by atomic mass is 16.6. The van der Waals surface area contributed by atoms with Gasteiger partial charge in [0.25, 0.3) is 0 Å². The molecule has 0 bridgehead atoms. The fraction of sp³-hybridized carbons (Fsp3) is 0.440. The molecule has 0 unspecified atom stereocenters. The molecule has 3 heterocycles. The molecule has 3 N–H and O–H groups in total. The Balaban J connectivity index is 1.57. The lowest BCUT2D eigenvalue weighted by molar-refractivity contribution is -0.155. The number of carbonyl (C=O) groups excluding carboxylic acids is 2. The number of rotatable bonds is 9. The molecule has 0 aliphatic carbocycles. The molecule has 4 rings (SSSR count). The molecule has 2 aromatic heterocycles. The second-order valence-corrected chi connectivity index (χ2v) is 8.78. The van der Waals surface area contributed by atoms with E-state index in [0.29, 0.717) is 23.4 Å². The zero-order chi connectivity index (χ0) is 25.0. The van der Waals surface area contributed by atoms with Gasteiger partial charge in [-0.1, -0.05) is 43.7 Å². The summed E-state index contributed by atoms with van der Waals surface area (Å²) in [6.45, 7) is 3.21. The van der Waals surface area contributed by atoms with Crippen LogP contribution in [0.15, 0.2) is 48.8 Å². The lowest BCUT2D eigenvalue weighted by Gasteiger charge is -2.27. The van der Waals surface area contributed by atoms with E-state index in [1.54, 1.807) is 19.1 Å². The Hall–Kier alpha value is -3.34. The van der Waals surface area contributed by atoms with E-state index in [1.165, 1.54) is 10.8 Å². The monoisotopic (exact) mass is 482 g/mol. The smallest absolute Gasteiger partial charge is 0.310 e. The number of nitrogens with one attached hydrogen (secondary N) is 1. The van der Waals surface area contributed by atoms with Gasteiger partial charge in [0.05, 0.1) is 18.7 Å². The van der Waals surface area contributed by atoms with E-state index in [1.807, 2.05) is 37.3 Å². The van der Waals surface area contributed by atoms with Crippen molar-refractivity contribution in [2.45, 2.75) is 63.4 Å². The van der Waals surface area contributed by atoms with Crippen LogP contribution in [0.3, 0.4) is 0 Å². The highest BCUT2D eigenvalue weighted by Crippen LogP contribution is 2.41. The van der Waals surface area contributed by atoms with Crippen LogP contribution in [0.1, 0.15) is 44.4 Å². The van der Waals surface area contributed by atoms with Gasteiger partial charge in [0, 0.05) is 6.42 Å². The largest absolute Gasteiger partial charge is 0.456 e. The van der Waals surface area contributed by atoms with Crippen molar-refractivity contribution >= 4 is 23.2 Å². The first-order chi connectivity index (χ1) is 16.9. The number of aliphatic hydroxyl groups is 2. The molecule has 1 aliphatic rings. The number of carbonyl (C=O) groups is 2. The maximum absolute atomic E-state index is 12.6. The second kappa shape index (κ2) is 10.5. The minimum Gasteiger partial charge on any atom is -0.456 e. The zero-order valence-electron chi connectivity index (χ0n) is 19.8. The van der Waals surface area contributed by atoms with Crippen molar-refractivity contribution in [2.75, 3.05) is 11.9 Å². The molecule has 4 atom stereocenters. The molecule has 186 valence electrons. The van der Waals surface area contributed by atoms with Crippen LogP contribution in [0.25, 0.3) is 5.52 Å². The molecule has 0 spiro atoms. The quantitative estimate of drug-likeness (QED) is 0.394. The molecule has 1 aliphatic heterocycles. The van der Waals surface area contributed by atoms with E-state index in [9.17, 15) is 19.8 Å². The molecule has 10 heteroatoms. The number of anilines is 1. The van der Waals surface area contributed by atoms with Crippen molar-refractivity contribution in [1.29, 1.82) is 0 Å². The third-order valence-corrected chi connectivity index (χ3v) is 6.25. The van der Waals surface area contributed by atoms with Crippen LogP contribution >= 0.6 is 0 Å². The van der Waals surface area contributed by atoms with Crippen LogP contribution in [0, 0.1) is 0 Å². The van der Waals surface area contributed by atoms with E-state index in [4.69, 9.17) is 9.47 Å². The normalized spacial score (nSPS) is 23.9. The number of fused-ring (bicyclic) bond motifs is 1. The van der Waals surface area contributed by atoms with Crippen molar-refractivity contribution in [1.82, 2.24) is 14.6 Å². The van der Waals surface area contributed by atoms with Gasteiger partial charge in [0.1, 0.15) is 29.7 Å². The Labute approximate surface area is 202 Å². The van der Waals surface area contributed by atoms with E-state index >= 15 is 0 Å². The summed E-state index contributed by atoms with van der Waals surface area (Å²) in [7, 11) is 0. The number of amides is 1. The van der Waals surface area contributed by atoms with Gasteiger partial charge in [0.15, 0.2) is 11.9 Å². The average Bonchev–Trinajstić information content (AvgIpc) is 3.40. The van der Waals surface area contributed by atoms with Crippen molar-refractivity contribution in [3.63, 3.8) is 0 Å². The maximum Gasteiger partial charge on any atom is 0.310 e. The number of benzene rings is 1. The molecular formula is C25H30N4O6. The Morgan fingerprint density at radius 2 is 2.00 bits per heavy atom. The summed E-state index contributed by atoms with van der Waals surface area (Å²) in [6, 6.07) is 12.5. The molecule has 0 radical (unpaired) electrons. The zero-order valence-corrected chi connectivity index (χ0v) is 19.8. The Morgan fingerprint density at radius 3 is 2.71 bits per heavy atom. The molecule has 1 amide bonds. The van der Waals surface area contributed by atoms with Crippen LogP contribution in [0.4, 0.5) is 5.82 Å². The van der Waals surface area contributed by atoms with Crippen LogP contribution in [0.5, 0.6) is 0 Å². The summed E-state index contributed by atoms with van der Waals surface area (Å²) in [5, 5.41) is 28.2. The number of hydrogen-bond acceptors (Lipinski definition) is 8. The van der Waals surface area contributed by atoms with E-state index in [-0.39, 0.29) is 12.3 Å². The standard InChI is InChI=1S/C25H30N4O6/c1-3-4-10-20(31)28-24-17-11-12-19(29(17)27-15-26-24)25(2)23(33)22(18(14-30)35-25)34-21(32)13-16-8-6-5-7-9-16/h5-9,11-12,15,18,22-23,30,33H,3-4,10,13-14H2,1-2H3,(H,26,27,28,31)/t18-,22-,23-,25+/m1/s1. The Morgan fingerprint density at radius 1 is 1.23 bits per heavy atom. The number of unbranched alkanes of at least 4 members (excludes halogenated alkanes) is 1. The van der Waals surface area contributed by atoms with Crippen molar-refractivity contribution < 1.29 is 29.3 Å². The number of esters is 1. The van der Waals surface area contributed by atoms with Crippen molar-refractivity contribution in [3.05, 3.63) is 60.0 Å². The number of ether oxygens (including phenoxy) is 2. The maximum atomic E-state index is 12.6.